The predicted molar refractivity (Wildman–Crippen MR) is 101 cm³/mol. The van der Waals surface area contributed by atoms with Crippen molar-refractivity contribution in [3.05, 3.63) is 62.5 Å². The van der Waals surface area contributed by atoms with Crippen molar-refractivity contribution in [1.82, 2.24) is 14.8 Å². The molecule has 0 fully saturated rings. The average molecular weight is 407 g/mol. The smallest absolute Gasteiger partial charge is 0.376 e. The summed E-state index contributed by atoms with van der Waals surface area (Å²) in [5.41, 5.74) is 2.27. The van der Waals surface area contributed by atoms with E-state index in [2.05, 4.69) is 15.2 Å². The zero-order valence-corrected chi connectivity index (χ0v) is 15.9. The topological polar surface area (TPSA) is 69.4 Å². The molecule has 26 heavy (non-hydrogen) atoms. The molecule has 3 heterocycles. The fourth-order valence-electron chi connectivity index (χ4n) is 2.77. The number of fused-ring (bicyclic) bond motifs is 3. The molecular formula is C17H12Cl2N4O2S. The Labute approximate surface area is 163 Å². The zero-order valence-electron chi connectivity index (χ0n) is 13.6. The third kappa shape index (κ3) is 2.82. The monoisotopic (exact) mass is 406 g/mol. The Hall–Kier alpha value is -2.22. The number of carbonyl (C=O) groups is 1. The first-order valence-electron chi connectivity index (χ1n) is 7.81. The number of rotatable bonds is 3. The fraction of sp³-hybridized carbons (Fsp3) is 0.176. The van der Waals surface area contributed by atoms with Gasteiger partial charge < -0.3 is 4.74 Å². The Bertz CT molecular complexity index is 1040. The van der Waals surface area contributed by atoms with E-state index < -0.39 is 5.97 Å². The number of esters is 1. The van der Waals surface area contributed by atoms with Crippen LogP contribution in [0.4, 0.5) is 0 Å². The van der Waals surface area contributed by atoms with Crippen molar-refractivity contribution in [2.24, 2.45) is 4.99 Å². The molecule has 2 aromatic heterocycles. The summed E-state index contributed by atoms with van der Waals surface area (Å²) in [6.07, 6.45) is 0. The van der Waals surface area contributed by atoms with E-state index in [1.807, 2.05) is 30.3 Å². The second-order valence-corrected chi connectivity index (χ2v) is 7.48. The maximum atomic E-state index is 12.3. The van der Waals surface area contributed by atoms with Crippen LogP contribution < -0.4 is 0 Å². The molecule has 0 aliphatic carbocycles. The molecule has 0 N–H and O–H groups in total. The molecule has 1 aromatic carbocycles. The molecular weight excluding hydrogens is 395 g/mol. The van der Waals surface area contributed by atoms with Crippen LogP contribution >= 0.6 is 34.5 Å². The molecule has 3 aromatic rings. The fourth-order valence-corrected chi connectivity index (χ4v) is 4.23. The Morgan fingerprint density at radius 1 is 1.27 bits per heavy atom. The lowest BCUT2D eigenvalue weighted by atomic mass is 10.0. The lowest BCUT2D eigenvalue weighted by Gasteiger charge is -2.09. The van der Waals surface area contributed by atoms with E-state index >= 15 is 0 Å². The maximum Gasteiger partial charge on any atom is 0.376 e. The van der Waals surface area contributed by atoms with Crippen LogP contribution in [0.1, 0.15) is 34.5 Å². The summed E-state index contributed by atoms with van der Waals surface area (Å²) in [4.78, 5) is 17.0. The molecule has 0 radical (unpaired) electrons. The van der Waals surface area contributed by atoms with Crippen LogP contribution in [0.3, 0.4) is 0 Å². The van der Waals surface area contributed by atoms with E-state index in [9.17, 15) is 4.79 Å². The lowest BCUT2D eigenvalue weighted by Crippen LogP contribution is -2.14. The van der Waals surface area contributed by atoms with Gasteiger partial charge >= 0.3 is 5.97 Å². The Balaban J connectivity index is 1.92. The van der Waals surface area contributed by atoms with Crippen LogP contribution in [-0.4, -0.2) is 33.1 Å². The van der Waals surface area contributed by atoms with Gasteiger partial charge in [-0.3, -0.25) is 9.56 Å². The van der Waals surface area contributed by atoms with Gasteiger partial charge in [0.25, 0.3) is 0 Å². The highest BCUT2D eigenvalue weighted by molar-refractivity contribution is 7.19. The Morgan fingerprint density at radius 2 is 2.08 bits per heavy atom. The van der Waals surface area contributed by atoms with E-state index in [1.165, 1.54) is 11.3 Å². The van der Waals surface area contributed by atoms with Gasteiger partial charge in [0.2, 0.25) is 5.82 Å². The van der Waals surface area contributed by atoms with Crippen molar-refractivity contribution in [3.8, 4) is 5.00 Å². The number of thiophene rings is 1. The number of ether oxygens (including phenoxy) is 1. The van der Waals surface area contributed by atoms with Gasteiger partial charge in [0.15, 0.2) is 5.82 Å². The van der Waals surface area contributed by atoms with Crippen molar-refractivity contribution in [3.63, 3.8) is 0 Å². The third-order valence-electron chi connectivity index (χ3n) is 3.84. The Kier molecular flexibility index (Phi) is 4.52. The van der Waals surface area contributed by atoms with Crippen molar-refractivity contribution >= 4 is 46.2 Å². The first-order valence-corrected chi connectivity index (χ1v) is 9.38. The van der Waals surface area contributed by atoms with E-state index in [4.69, 9.17) is 27.9 Å². The van der Waals surface area contributed by atoms with Crippen LogP contribution in [-0.2, 0) is 11.3 Å². The molecule has 6 nitrogen and oxygen atoms in total. The highest BCUT2D eigenvalue weighted by Crippen LogP contribution is 2.36. The summed E-state index contributed by atoms with van der Waals surface area (Å²) in [5, 5.41) is 9.41. The van der Waals surface area contributed by atoms with Gasteiger partial charge in [0.1, 0.15) is 11.5 Å². The standard InChI is InChI=1S/C17H12Cl2N4O2S/c1-2-25-17(24)15-22-21-13-8-20-14(9-5-3-4-6-11(9)18)10-7-12(19)26-16(10)23(13)15/h3-7H,2,8H2,1H3. The highest BCUT2D eigenvalue weighted by Gasteiger charge is 2.29. The van der Waals surface area contributed by atoms with Crippen molar-refractivity contribution in [1.29, 1.82) is 0 Å². The number of nitrogens with zero attached hydrogens (tertiary/aromatic N) is 4. The SMILES string of the molecule is CCOC(=O)c1nnc2n1-c1sc(Cl)cc1C(c1ccccc1Cl)=NC2. The quantitative estimate of drug-likeness (QED) is 0.612. The summed E-state index contributed by atoms with van der Waals surface area (Å²) in [5.74, 6) is 0.106. The number of halogens is 2. The number of aromatic nitrogens is 3. The van der Waals surface area contributed by atoms with Gasteiger partial charge in [0.05, 0.1) is 16.7 Å². The van der Waals surface area contributed by atoms with E-state index in [1.54, 1.807) is 11.5 Å². The van der Waals surface area contributed by atoms with Gasteiger partial charge in [-0.15, -0.1) is 21.5 Å². The number of carbonyl (C=O) groups excluding carboxylic acids is 1. The van der Waals surface area contributed by atoms with Crippen molar-refractivity contribution in [2.45, 2.75) is 13.5 Å². The summed E-state index contributed by atoms with van der Waals surface area (Å²) >= 11 is 14.0. The van der Waals surface area contributed by atoms with Crippen LogP contribution in [0.15, 0.2) is 35.3 Å². The van der Waals surface area contributed by atoms with E-state index in [-0.39, 0.29) is 19.0 Å². The molecule has 0 unspecified atom stereocenters. The summed E-state index contributed by atoms with van der Waals surface area (Å²) < 4.78 is 7.32. The molecule has 0 atom stereocenters. The van der Waals surface area contributed by atoms with E-state index in [0.29, 0.717) is 25.9 Å². The van der Waals surface area contributed by atoms with Crippen LogP contribution in [0.2, 0.25) is 9.36 Å². The molecule has 0 saturated heterocycles. The molecule has 0 spiro atoms. The molecule has 0 saturated carbocycles. The van der Waals surface area contributed by atoms with Gasteiger partial charge in [-0.05, 0) is 19.1 Å². The minimum atomic E-state index is -0.539. The predicted octanol–water partition coefficient (Wildman–Crippen LogP) is 4.16. The van der Waals surface area contributed by atoms with Gasteiger partial charge in [-0.1, -0.05) is 41.4 Å². The molecule has 0 amide bonds. The Morgan fingerprint density at radius 3 is 2.85 bits per heavy atom. The number of aliphatic imine (C=N–C) groups is 1. The second kappa shape index (κ2) is 6.83. The first-order chi connectivity index (χ1) is 12.6. The normalized spacial score (nSPS) is 12.8. The molecule has 4 rings (SSSR count). The largest absolute Gasteiger partial charge is 0.460 e. The maximum absolute atomic E-state index is 12.3. The van der Waals surface area contributed by atoms with Crippen LogP contribution in [0, 0.1) is 0 Å². The van der Waals surface area contributed by atoms with Gasteiger partial charge in [0, 0.05) is 16.1 Å². The van der Waals surface area contributed by atoms with E-state index in [0.717, 1.165) is 11.1 Å². The molecule has 9 heteroatoms. The minimum absolute atomic E-state index is 0.109. The zero-order chi connectivity index (χ0) is 18.3. The number of hydrogen-bond acceptors (Lipinski definition) is 6. The molecule has 132 valence electrons. The van der Waals surface area contributed by atoms with Gasteiger partial charge in [-0.2, -0.15) is 0 Å². The highest BCUT2D eigenvalue weighted by atomic mass is 35.5. The summed E-state index contributed by atoms with van der Waals surface area (Å²) in [6, 6.07) is 9.27. The third-order valence-corrected chi connectivity index (χ3v) is 5.42. The average Bonchev–Trinajstić information content (AvgIpc) is 3.17. The van der Waals surface area contributed by atoms with Crippen molar-refractivity contribution < 1.29 is 9.53 Å². The first kappa shape index (κ1) is 17.2. The summed E-state index contributed by atoms with van der Waals surface area (Å²) in [6.45, 7) is 2.25. The number of benzene rings is 1. The number of hydrogen-bond donors (Lipinski definition) is 0. The lowest BCUT2D eigenvalue weighted by molar-refractivity contribution is 0.0509. The molecule has 0 bridgehead atoms. The van der Waals surface area contributed by atoms with Crippen LogP contribution in [0.25, 0.3) is 5.00 Å². The molecule has 1 aliphatic heterocycles. The van der Waals surface area contributed by atoms with Gasteiger partial charge in [-0.25, -0.2) is 4.79 Å². The second-order valence-electron chi connectivity index (χ2n) is 5.41. The van der Waals surface area contributed by atoms with Crippen molar-refractivity contribution in [2.75, 3.05) is 6.61 Å². The minimum Gasteiger partial charge on any atom is -0.460 e. The summed E-state index contributed by atoms with van der Waals surface area (Å²) in [7, 11) is 0. The van der Waals surface area contributed by atoms with Crippen LogP contribution in [0.5, 0.6) is 0 Å². The molecule has 1 aliphatic rings.